The van der Waals surface area contributed by atoms with Crippen LogP contribution in [0.2, 0.25) is 9.60 Å². The van der Waals surface area contributed by atoms with Crippen LogP contribution in [0.5, 0.6) is 0 Å². The SMILES string of the molecule is Cl.[CH3][Mg][CH2]C(C)c1ccccc1. The van der Waals surface area contributed by atoms with E-state index in [1.165, 1.54) is 10.1 Å². The van der Waals surface area contributed by atoms with Crippen molar-refractivity contribution < 1.29 is 0 Å². The fourth-order valence-electron chi connectivity index (χ4n) is 1.38. The van der Waals surface area contributed by atoms with Gasteiger partial charge in [0.05, 0.1) is 0 Å². The average Bonchev–Trinajstić information content (AvgIpc) is 2.07. The van der Waals surface area contributed by atoms with Gasteiger partial charge in [-0.2, -0.15) is 5.05 Å². The quantitative estimate of drug-likeness (QED) is 0.648. The zero-order valence-corrected chi connectivity index (χ0v) is 10.0. The minimum Gasteiger partial charge on any atom is -0.157 e. The highest BCUT2D eigenvalue weighted by molar-refractivity contribution is 6.33. The third-order valence-electron chi connectivity index (χ3n) is 2.09. The Morgan fingerprint density at radius 2 is 1.83 bits per heavy atom. The molecule has 0 aliphatic rings. The number of hydrogen-bond acceptors (Lipinski definition) is 0. The Kier molecular flexibility index (Phi) is 6.91. The summed E-state index contributed by atoms with van der Waals surface area (Å²) in [7, 11) is 0. The number of benzene rings is 1. The molecule has 1 aromatic rings. The van der Waals surface area contributed by atoms with Crippen molar-refractivity contribution in [3.05, 3.63) is 35.9 Å². The van der Waals surface area contributed by atoms with Gasteiger partial charge in [0.15, 0.2) is 0 Å². The predicted octanol–water partition coefficient (Wildman–Crippen LogP) is 3.38. The van der Waals surface area contributed by atoms with Crippen molar-refractivity contribution in [1.82, 2.24) is 0 Å². The summed E-state index contributed by atoms with van der Waals surface area (Å²) in [5, 5.41) is 2.37. The Morgan fingerprint density at radius 1 is 1.25 bits per heavy atom. The lowest BCUT2D eigenvalue weighted by atomic mass is 10.0. The molecule has 1 rings (SSSR count). The summed E-state index contributed by atoms with van der Waals surface area (Å²) < 4.78 is 1.43. The van der Waals surface area contributed by atoms with Crippen molar-refractivity contribution in [2.24, 2.45) is 0 Å². The maximum Gasteiger partial charge on any atom is 0.361 e. The highest BCUT2D eigenvalue weighted by Crippen LogP contribution is 2.17. The largest absolute Gasteiger partial charge is 0.361 e. The summed E-state index contributed by atoms with van der Waals surface area (Å²) in [5.74, 6) is 0.785. The monoisotopic (exact) mass is 194 g/mol. The van der Waals surface area contributed by atoms with Crippen molar-refractivity contribution >= 4 is 32.8 Å². The second-order valence-electron chi connectivity index (χ2n) is 3.10. The maximum absolute atomic E-state index is 2.37. The first-order valence-corrected chi connectivity index (χ1v) is 6.81. The summed E-state index contributed by atoms with van der Waals surface area (Å²) in [4.78, 5) is 0. The van der Waals surface area contributed by atoms with Gasteiger partial charge in [-0.05, 0) is 11.5 Å². The summed E-state index contributed by atoms with van der Waals surface area (Å²) in [6.45, 7) is 2.33. The van der Waals surface area contributed by atoms with Crippen LogP contribution < -0.4 is 0 Å². The Balaban J connectivity index is 0.00000121. The van der Waals surface area contributed by atoms with Crippen molar-refractivity contribution in [3.63, 3.8) is 0 Å². The number of halogens is 1. The molecule has 1 atom stereocenters. The second kappa shape index (κ2) is 6.76. The first-order chi connectivity index (χ1) is 5.34. The zero-order chi connectivity index (χ0) is 8.10. The lowest BCUT2D eigenvalue weighted by Gasteiger charge is -2.09. The Labute approximate surface area is 90.9 Å². The highest BCUT2D eigenvalue weighted by atomic mass is 35.5. The molecule has 0 heterocycles. The average molecular weight is 195 g/mol. The van der Waals surface area contributed by atoms with Crippen LogP contribution in [0.3, 0.4) is 0 Å². The molecule has 12 heavy (non-hydrogen) atoms. The molecule has 1 unspecified atom stereocenters. The van der Waals surface area contributed by atoms with E-state index in [-0.39, 0.29) is 32.8 Å². The van der Waals surface area contributed by atoms with Crippen LogP contribution in [0.15, 0.2) is 30.3 Å². The topological polar surface area (TPSA) is 0 Å². The Bertz CT molecular complexity index is 198. The molecule has 0 saturated carbocycles. The molecule has 64 valence electrons. The molecular weight excluding hydrogens is 180 g/mol. The van der Waals surface area contributed by atoms with Crippen LogP contribution in [0, 0.1) is 0 Å². The van der Waals surface area contributed by atoms with Gasteiger partial charge in [-0.25, -0.2) is 0 Å². The van der Waals surface area contributed by atoms with E-state index in [2.05, 4.69) is 42.3 Å². The van der Waals surface area contributed by atoms with E-state index in [0.29, 0.717) is 0 Å². The smallest absolute Gasteiger partial charge is 0.157 e. The lowest BCUT2D eigenvalue weighted by molar-refractivity contribution is 0.859. The summed E-state index contributed by atoms with van der Waals surface area (Å²) in [6.07, 6.45) is 0. The summed E-state index contributed by atoms with van der Waals surface area (Å²) >= 11 is 0.223. The Morgan fingerprint density at radius 3 is 2.33 bits per heavy atom. The molecular formula is C10H15ClMg. The molecule has 0 N–H and O–H groups in total. The maximum atomic E-state index is 2.37. The van der Waals surface area contributed by atoms with Crippen LogP contribution in [-0.4, -0.2) is 20.4 Å². The van der Waals surface area contributed by atoms with E-state index in [1.807, 2.05) is 0 Å². The summed E-state index contributed by atoms with van der Waals surface area (Å²) in [6, 6.07) is 10.8. The van der Waals surface area contributed by atoms with Crippen molar-refractivity contribution in [3.8, 4) is 0 Å². The van der Waals surface area contributed by atoms with Gasteiger partial charge in [0.2, 0.25) is 0 Å². The zero-order valence-electron chi connectivity index (χ0n) is 7.79. The van der Waals surface area contributed by atoms with Gasteiger partial charge in [0, 0.05) is 0 Å². The van der Waals surface area contributed by atoms with Crippen molar-refractivity contribution in [2.75, 3.05) is 0 Å². The lowest BCUT2D eigenvalue weighted by Crippen LogP contribution is -1.94. The molecule has 0 radical (unpaired) electrons. The first-order valence-electron chi connectivity index (χ1n) is 4.39. The highest BCUT2D eigenvalue weighted by Gasteiger charge is 2.02. The van der Waals surface area contributed by atoms with E-state index in [1.54, 1.807) is 0 Å². The molecule has 0 fully saturated rings. The van der Waals surface area contributed by atoms with Gasteiger partial charge in [-0.3, -0.25) is 0 Å². The molecule has 0 aliphatic carbocycles. The van der Waals surface area contributed by atoms with Crippen LogP contribution in [0.1, 0.15) is 18.4 Å². The standard InChI is InChI=1S/C9H11.CH3.ClH.Mg/c1-8(2)9-6-4-3-5-7-9;;;/h3-8H,1H2,2H3;1H3;1H;. The fourth-order valence-corrected chi connectivity index (χ4v) is 2.58. The molecule has 0 bridgehead atoms. The Hall–Kier alpha value is 0.276. The normalized spacial score (nSPS) is 11.2. The molecule has 0 amide bonds. The molecule has 0 spiro atoms. The van der Waals surface area contributed by atoms with Gasteiger partial charge < -0.3 is 0 Å². The predicted molar refractivity (Wildman–Crippen MR) is 58.5 cm³/mol. The van der Waals surface area contributed by atoms with E-state index in [0.717, 1.165) is 5.92 Å². The van der Waals surface area contributed by atoms with Crippen molar-refractivity contribution in [2.45, 2.75) is 22.4 Å². The molecule has 0 nitrogen and oxygen atoms in total. The van der Waals surface area contributed by atoms with Crippen LogP contribution in [0.25, 0.3) is 0 Å². The summed E-state index contributed by atoms with van der Waals surface area (Å²) in [5.41, 5.74) is 1.50. The van der Waals surface area contributed by atoms with Crippen LogP contribution in [-0.2, 0) is 0 Å². The molecule has 2 heteroatoms. The third-order valence-corrected chi connectivity index (χ3v) is 3.53. The minimum atomic E-state index is 0. The molecule has 1 aromatic carbocycles. The molecule has 0 aliphatic heterocycles. The number of rotatable bonds is 3. The van der Waals surface area contributed by atoms with E-state index in [9.17, 15) is 0 Å². The van der Waals surface area contributed by atoms with E-state index < -0.39 is 0 Å². The van der Waals surface area contributed by atoms with E-state index >= 15 is 0 Å². The fraction of sp³-hybridized carbons (Fsp3) is 0.400. The van der Waals surface area contributed by atoms with Gasteiger partial charge in [0.25, 0.3) is 0 Å². The second-order valence-corrected chi connectivity index (χ2v) is 4.68. The van der Waals surface area contributed by atoms with Crippen LogP contribution in [0.4, 0.5) is 0 Å². The molecule has 0 aromatic heterocycles. The van der Waals surface area contributed by atoms with Gasteiger partial charge in [0.1, 0.15) is 0 Å². The molecule has 0 saturated heterocycles. The minimum absolute atomic E-state index is 0. The van der Waals surface area contributed by atoms with Crippen molar-refractivity contribution in [1.29, 1.82) is 0 Å². The first kappa shape index (κ1) is 12.3. The van der Waals surface area contributed by atoms with Gasteiger partial charge in [-0.15, -0.1) is 17.0 Å². The van der Waals surface area contributed by atoms with Gasteiger partial charge in [-0.1, -0.05) is 37.3 Å². The third kappa shape index (κ3) is 3.79. The van der Waals surface area contributed by atoms with Crippen LogP contribution >= 0.6 is 12.4 Å². The number of hydrogen-bond donors (Lipinski definition) is 0. The van der Waals surface area contributed by atoms with E-state index in [4.69, 9.17) is 0 Å². The van der Waals surface area contributed by atoms with Gasteiger partial charge >= 0.3 is 20.4 Å².